The highest BCUT2D eigenvalue weighted by molar-refractivity contribution is 5.77. The third-order valence-electron chi connectivity index (χ3n) is 2.89. The van der Waals surface area contributed by atoms with E-state index in [1.54, 1.807) is 6.92 Å². The molecular formula is C13H18O. The van der Waals surface area contributed by atoms with Crippen LogP contribution in [-0.4, -0.2) is 5.78 Å². The number of carbonyl (C=O) groups excluding carboxylic acids is 1. The minimum atomic E-state index is 0.00704. The van der Waals surface area contributed by atoms with Gasteiger partial charge in [0.05, 0.1) is 0 Å². The van der Waals surface area contributed by atoms with Crippen molar-refractivity contribution in [2.24, 2.45) is 0 Å². The van der Waals surface area contributed by atoms with Crippen molar-refractivity contribution in [3.63, 3.8) is 0 Å². The SMILES string of the molecule is CC[C@](C)(CC(C)=O)c1ccccc1. The van der Waals surface area contributed by atoms with E-state index in [4.69, 9.17) is 0 Å². The minimum absolute atomic E-state index is 0.00704. The molecular weight excluding hydrogens is 172 g/mol. The lowest BCUT2D eigenvalue weighted by molar-refractivity contribution is -0.118. The average molecular weight is 190 g/mol. The van der Waals surface area contributed by atoms with Crippen molar-refractivity contribution >= 4 is 5.78 Å². The summed E-state index contributed by atoms with van der Waals surface area (Å²) in [6.07, 6.45) is 1.63. The van der Waals surface area contributed by atoms with E-state index in [1.807, 2.05) is 18.2 Å². The highest BCUT2D eigenvalue weighted by Gasteiger charge is 2.25. The summed E-state index contributed by atoms with van der Waals surface area (Å²) in [6, 6.07) is 10.3. The molecule has 0 aromatic heterocycles. The van der Waals surface area contributed by atoms with E-state index in [0.29, 0.717) is 6.42 Å². The van der Waals surface area contributed by atoms with Crippen LogP contribution in [0.3, 0.4) is 0 Å². The van der Waals surface area contributed by atoms with E-state index in [-0.39, 0.29) is 11.2 Å². The van der Waals surface area contributed by atoms with Crippen LogP contribution in [0.1, 0.15) is 39.2 Å². The molecule has 0 radical (unpaired) electrons. The zero-order valence-electron chi connectivity index (χ0n) is 9.21. The first kappa shape index (κ1) is 11.0. The molecule has 0 amide bonds. The van der Waals surface area contributed by atoms with Crippen LogP contribution in [-0.2, 0) is 10.2 Å². The van der Waals surface area contributed by atoms with Gasteiger partial charge in [-0.25, -0.2) is 0 Å². The molecule has 0 aliphatic carbocycles. The lowest BCUT2D eigenvalue weighted by Crippen LogP contribution is -2.23. The quantitative estimate of drug-likeness (QED) is 0.711. The summed E-state index contributed by atoms with van der Waals surface area (Å²) in [5, 5.41) is 0. The van der Waals surface area contributed by atoms with Crippen LogP contribution in [0, 0.1) is 0 Å². The molecule has 0 N–H and O–H groups in total. The lowest BCUT2D eigenvalue weighted by atomic mass is 9.76. The molecule has 0 bridgehead atoms. The average Bonchev–Trinajstić information content (AvgIpc) is 2.18. The fourth-order valence-corrected chi connectivity index (χ4v) is 1.82. The first-order chi connectivity index (χ1) is 6.58. The van der Waals surface area contributed by atoms with Gasteiger partial charge in [0.1, 0.15) is 5.78 Å². The summed E-state index contributed by atoms with van der Waals surface area (Å²) in [4.78, 5) is 11.2. The Morgan fingerprint density at radius 2 is 1.86 bits per heavy atom. The highest BCUT2D eigenvalue weighted by atomic mass is 16.1. The van der Waals surface area contributed by atoms with Gasteiger partial charge < -0.3 is 0 Å². The van der Waals surface area contributed by atoms with Crippen LogP contribution in [0.2, 0.25) is 0 Å². The van der Waals surface area contributed by atoms with E-state index in [1.165, 1.54) is 5.56 Å². The standard InChI is InChI=1S/C13H18O/c1-4-13(3,10-11(2)14)12-8-6-5-7-9-12/h5-9H,4,10H2,1-3H3/t13-/m1/s1. The predicted octanol–water partition coefficient (Wildman–Crippen LogP) is 3.33. The number of Topliss-reactive ketones (excluding diaryl/α,β-unsaturated/α-hetero) is 1. The van der Waals surface area contributed by atoms with Crippen molar-refractivity contribution in [3.8, 4) is 0 Å². The smallest absolute Gasteiger partial charge is 0.130 e. The second-order valence-corrected chi connectivity index (χ2v) is 4.16. The summed E-state index contributed by atoms with van der Waals surface area (Å²) in [5.41, 5.74) is 1.27. The number of rotatable bonds is 4. The number of hydrogen-bond acceptors (Lipinski definition) is 1. The molecule has 76 valence electrons. The Bertz CT molecular complexity index is 302. The summed E-state index contributed by atoms with van der Waals surface area (Å²) < 4.78 is 0. The van der Waals surface area contributed by atoms with Crippen molar-refractivity contribution in [1.29, 1.82) is 0 Å². The first-order valence-corrected chi connectivity index (χ1v) is 5.13. The van der Waals surface area contributed by atoms with Crippen molar-refractivity contribution in [2.75, 3.05) is 0 Å². The third-order valence-corrected chi connectivity index (χ3v) is 2.89. The minimum Gasteiger partial charge on any atom is -0.300 e. The van der Waals surface area contributed by atoms with E-state index < -0.39 is 0 Å². The fraction of sp³-hybridized carbons (Fsp3) is 0.462. The maximum Gasteiger partial charge on any atom is 0.130 e. The monoisotopic (exact) mass is 190 g/mol. The molecule has 1 rings (SSSR count). The summed E-state index contributed by atoms with van der Waals surface area (Å²) >= 11 is 0. The van der Waals surface area contributed by atoms with E-state index in [0.717, 1.165) is 6.42 Å². The normalized spacial score (nSPS) is 14.8. The second kappa shape index (κ2) is 4.41. The number of carbonyl (C=O) groups is 1. The van der Waals surface area contributed by atoms with Gasteiger partial charge in [-0.1, -0.05) is 44.2 Å². The van der Waals surface area contributed by atoms with Crippen LogP contribution < -0.4 is 0 Å². The maximum absolute atomic E-state index is 11.2. The van der Waals surface area contributed by atoms with Gasteiger partial charge in [-0.05, 0) is 24.3 Å². The molecule has 0 heterocycles. The van der Waals surface area contributed by atoms with Crippen molar-refractivity contribution in [2.45, 2.75) is 39.0 Å². The van der Waals surface area contributed by atoms with Crippen molar-refractivity contribution in [3.05, 3.63) is 35.9 Å². The highest BCUT2D eigenvalue weighted by Crippen LogP contribution is 2.30. The molecule has 1 atom stereocenters. The number of benzene rings is 1. The zero-order valence-corrected chi connectivity index (χ0v) is 9.21. The van der Waals surface area contributed by atoms with Gasteiger partial charge in [0, 0.05) is 6.42 Å². The Morgan fingerprint density at radius 1 is 1.29 bits per heavy atom. The van der Waals surface area contributed by atoms with Gasteiger partial charge in [-0.2, -0.15) is 0 Å². The summed E-state index contributed by atoms with van der Waals surface area (Å²) in [5.74, 6) is 0.262. The molecule has 0 aliphatic rings. The largest absolute Gasteiger partial charge is 0.300 e. The van der Waals surface area contributed by atoms with E-state index in [2.05, 4.69) is 26.0 Å². The number of hydrogen-bond donors (Lipinski definition) is 0. The molecule has 1 aromatic carbocycles. The molecule has 0 saturated heterocycles. The maximum atomic E-state index is 11.2. The Morgan fingerprint density at radius 3 is 2.29 bits per heavy atom. The first-order valence-electron chi connectivity index (χ1n) is 5.13. The van der Waals surface area contributed by atoms with E-state index in [9.17, 15) is 4.79 Å². The molecule has 1 nitrogen and oxygen atoms in total. The Kier molecular flexibility index (Phi) is 3.45. The van der Waals surface area contributed by atoms with Gasteiger partial charge in [-0.15, -0.1) is 0 Å². The Labute approximate surface area is 86.1 Å². The Balaban J connectivity index is 2.95. The van der Waals surface area contributed by atoms with Gasteiger partial charge in [0.15, 0.2) is 0 Å². The topological polar surface area (TPSA) is 17.1 Å². The fourth-order valence-electron chi connectivity index (χ4n) is 1.82. The Hall–Kier alpha value is -1.11. The van der Waals surface area contributed by atoms with Gasteiger partial charge >= 0.3 is 0 Å². The van der Waals surface area contributed by atoms with Crippen LogP contribution in [0.25, 0.3) is 0 Å². The van der Waals surface area contributed by atoms with Crippen molar-refractivity contribution in [1.82, 2.24) is 0 Å². The molecule has 0 spiro atoms. The van der Waals surface area contributed by atoms with Crippen molar-refractivity contribution < 1.29 is 4.79 Å². The molecule has 14 heavy (non-hydrogen) atoms. The molecule has 1 heteroatoms. The van der Waals surface area contributed by atoms with Gasteiger partial charge in [0.2, 0.25) is 0 Å². The van der Waals surface area contributed by atoms with Gasteiger partial charge in [0.25, 0.3) is 0 Å². The number of ketones is 1. The molecule has 0 fully saturated rings. The van der Waals surface area contributed by atoms with Gasteiger partial charge in [-0.3, -0.25) is 4.79 Å². The van der Waals surface area contributed by atoms with E-state index >= 15 is 0 Å². The van der Waals surface area contributed by atoms with Crippen LogP contribution >= 0.6 is 0 Å². The van der Waals surface area contributed by atoms with Crippen LogP contribution in [0.15, 0.2) is 30.3 Å². The summed E-state index contributed by atoms with van der Waals surface area (Å²) in [7, 11) is 0. The zero-order chi connectivity index (χ0) is 10.6. The third kappa shape index (κ3) is 2.44. The molecule has 1 aromatic rings. The molecule has 0 unspecified atom stereocenters. The predicted molar refractivity (Wildman–Crippen MR) is 59.4 cm³/mol. The van der Waals surface area contributed by atoms with Crippen LogP contribution in [0.5, 0.6) is 0 Å². The van der Waals surface area contributed by atoms with Crippen LogP contribution in [0.4, 0.5) is 0 Å². The second-order valence-electron chi connectivity index (χ2n) is 4.16. The summed E-state index contributed by atoms with van der Waals surface area (Å²) in [6.45, 7) is 5.95. The molecule has 0 saturated carbocycles. The molecule has 0 aliphatic heterocycles. The lowest BCUT2D eigenvalue weighted by Gasteiger charge is -2.27.